The lowest BCUT2D eigenvalue weighted by Crippen LogP contribution is -1.84. The van der Waals surface area contributed by atoms with Gasteiger partial charge in [-0.05, 0) is 31.5 Å². The van der Waals surface area contributed by atoms with E-state index in [0.717, 1.165) is 13.2 Å². The standard InChI is InChI=1S/C4H3ClN2.C4H10O/c5-4-6-2-1-3-7-4;1-3-5-4-2/h1-3H;3-4H2,1-2H3. The number of aromatic nitrogens is 2. The van der Waals surface area contributed by atoms with Crippen LogP contribution in [0.4, 0.5) is 0 Å². The zero-order chi connectivity index (χ0) is 9.23. The fourth-order valence-electron chi connectivity index (χ4n) is 0.485. The second-order valence-electron chi connectivity index (χ2n) is 1.80. The van der Waals surface area contributed by atoms with Gasteiger partial charge in [0.25, 0.3) is 0 Å². The average Bonchev–Trinajstić information content (AvgIpc) is 2.08. The Morgan fingerprint density at radius 2 is 1.75 bits per heavy atom. The number of nitrogens with zero attached hydrogens (tertiary/aromatic N) is 2. The molecule has 1 aromatic rings. The number of halogens is 1. The van der Waals surface area contributed by atoms with Crippen molar-refractivity contribution in [2.45, 2.75) is 13.8 Å². The smallest absolute Gasteiger partial charge is 0.222 e. The lowest BCUT2D eigenvalue weighted by atomic mass is 10.7. The molecule has 0 radical (unpaired) electrons. The van der Waals surface area contributed by atoms with E-state index in [9.17, 15) is 0 Å². The first-order chi connectivity index (χ1) is 5.81. The molecule has 0 spiro atoms. The lowest BCUT2D eigenvalue weighted by molar-refractivity contribution is 0.162. The van der Waals surface area contributed by atoms with Gasteiger partial charge in [-0.25, -0.2) is 9.97 Å². The molecule has 1 rings (SSSR count). The molecule has 1 aromatic heterocycles. The van der Waals surface area contributed by atoms with Gasteiger partial charge in [0, 0.05) is 25.6 Å². The van der Waals surface area contributed by atoms with Crippen LogP contribution in [0, 0.1) is 0 Å². The lowest BCUT2D eigenvalue weighted by Gasteiger charge is -1.86. The maximum atomic E-state index is 5.32. The quantitative estimate of drug-likeness (QED) is 0.668. The van der Waals surface area contributed by atoms with E-state index in [2.05, 4.69) is 9.97 Å². The van der Waals surface area contributed by atoms with Crippen LogP contribution in [0.25, 0.3) is 0 Å². The first-order valence-corrected chi connectivity index (χ1v) is 4.19. The molecule has 12 heavy (non-hydrogen) atoms. The summed E-state index contributed by atoms with van der Waals surface area (Å²) in [5.41, 5.74) is 0. The molecule has 0 unspecified atom stereocenters. The van der Waals surface area contributed by atoms with E-state index in [1.807, 2.05) is 13.8 Å². The van der Waals surface area contributed by atoms with Crippen LogP contribution in [0.1, 0.15) is 13.8 Å². The van der Waals surface area contributed by atoms with Crippen LogP contribution >= 0.6 is 11.6 Å². The van der Waals surface area contributed by atoms with E-state index in [4.69, 9.17) is 16.3 Å². The van der Waals surface area contributed by atoms with Gasteiger partial charge in [-0.3, -0.25) is 0 Å². The highest BCUT2D eigenvalue weighted by atomic mass is 35.5. The molecule has 3 nitrogen and oxygen atoms in total. The summed E-state index contributed by atoms with van der Waals surface area (Å²) in [5.74, 6) is 0. The van der Waals surface area contributed by atoms with Crippen LogP contribution in [-0.4, -0.2) is 23.2 Å². The van der Waals surface area contributed by atoms with E-state index >= 15 is 0 Å². The molecule has 1 heterocycles. The first kappa shape index (κ1) is 11.3. The highest BCUT2D eigenvalue weighted by Crippen LogP contribution is 1.92. The Morgan fingerprint density at radius 3 is 1.92 bits per heavy atom. The van der Waals surface area contributed by atoms with E-state index in [-0.39, 0.29) is 0 Å². The molecule has 0 aliphatic rings. The molecule has 0 fully saturated rings. The Labute approximate surface area is 77.8 Å². The van der Waals surface area contributed by atoms with E-state index < -0.39 is 0 Å². The molecule has 0 atom stereocenters. The van der Waals surface area contributed by atoms with Crippen molar-refractivity contribution in [3.63, 3.8) is 0 Å². The van der Waals surface area contributed by atoms with Crippen molar-refractivity contribution in [2.75, 3.05) is 13.2 Å². The number of rotatable bonds is 2. The summed E-state index contributed by atoms with van der Waals surface area (Å²) in [4.78, 5) is 7.27. The van der Waals surface area contributed by atoms with Gasteiger partial charge >= 0.3 is 0 Å². The van der Waals surface area contributed by atoms with Crippen LogP contribution < -0.4 is 0 Å². The predicted octanol–water partition coefficient (Wildman–Crippen LogP) is 2.17. The van der Waals surface area contributed by atoms with Gasteiger partial charge in [-0.2, -0.15) is 0 Å². The van der Waals surface area contributed by atoms with Crippen molar-refractivity contribution in [2.24, 2.45) is 0 Å². The Bertz CT molecular complexity index is 180. The van der Waals surface area contributed by atoms with Gasteiger partial charge in [0.05, 0.1) is 0 Å². The van der Waals surface area contributed by atoms with Gasteiger partial charge in [-0.1, -0.05) is 0 Å². The number of hydrogen-bond acceptors (Lipinski definition) is 3. The van der Waals surface area contributed by atoms with Gasteiger partial charge in [0.2, 0.25) is 5.28 Å². The largest absolute Gasteiger partial charge is 0.382 e. The summed E-state index contributed by atoms with van der Waals surface area (Å²) in [6.45, 7) is 5.67. The van der Waals surface area contributed by atoms with Crippen LogP contribution in [0.15, 0.2) is 18.5 Å². The molecule has 0 amide bonds. The number of hydrogen-bond donors (Lipinski definition) is 0. The second kappa shape index (κ2) is 8.43. The maximum Gasteiger partial charge on any atom is 0.222 e. The average molecular weight is 189 g/mol. The molecule has 0 saturated carbocycles. The Hall–Kier alpha value is -0.670. The van der Waals surface area contributed by atoms with Gasteiger partial charge < -0.3 is 4.74 Å². The molecule has 0 saturated heterocycles. The molecular weight excluding hydrogens is 176 g/mol. The molecule has 4 heteroatoms. The monoisotopic (exact) mass is 188 g/mol. The Morgan fingerprint density at radius 1 is 1.25 bits per heavy atom. The molecule has 0 aromatic carbocycles. The molecular formula is C8H13ClN2O. The minimum Gasteiger partial charge on any atom is -0.382 e. The Balaban J connectivity index is 0.000000217. The summed E-state index contributed by atoms with van der Waals surface area (Å²) in [6, 6.07) is 1.71. The van der Waals surface area contributed by atoms with Crippen molar-refractivity contribution in [3.8, 4) is 0 Å². The minimum atomic E-state index is 0.294. The van der Waals surface area contributed by atoms with E-state index in [1.165, 1.54) is 0 Å². The molecule has 0 bridgehead atoms. The highest BCUT2D eigenvalue weighted by molar-refractivity contribution is 6.28. The van der Waals surface area contributed by atoms with E-state index in [1.54, 1.807) is 18.5 Å². The topological polar surface area (TPSA) is 35.0 Å². The third-order valence-electron chi connectivity index (χ3n) is 0.943. The second-order valence-corrected chi connectivity index (χ2v) is 2.14. The molecule has 0 aliphatic heterocycles. The van der Waals surface area contributed by atoms with Crippen molar-refractivity contribution in [1.29, 1.82) is 0 Å². The van der Waals surface area contributed by atoms with Crippen LogP contribution in [0.2, 0.25) is 5.28 Å². The summed E-state index contributed by atoms with van der Waals surface area (Å²) in [5, 5.41) is 0.294. The highest BCUT2D eigenvalue weighted by Gasteiger charge is 1.78. The van der Waals surface area contributed by atoms with Crippen molar-refractivity contribution < 1.29 is 4.74 Å². The third kappa shape index (κ3) is 7.44. The summed E-state index contributed by atoms with van der Waals surface area (Å²) in [6.07, 6.45) is 3.19. The third-order valence-corrected chi connectivity index (χ3v) is 1.14. The molecule has 68 valence electrons. The van der Waals surface area contributed by atoms with Crippen molar-refractivity contribution >= 4 is 11.6 Å². The predicted molar refractivity (Wildman–Crippen MR) is 49.2 cm³/mol. The van der Waals surface area contributed by atoms with Crippen molar-refractivity contribution in [3.05, 3.63) is 23.7 Å². The van der Waals surface area contributed by atoms with Crippen LogP contribution in [-0.2, 0) is 4.74 Å². The van der Waals surface area contributed by atoms with Crippen molar-refractivity contribution in [1.82, 2.24) is 9.97 Å². The zero-order valence-corrected chi connectivity index (χ0v) is 8.08. The summed E-state index contributed by atoms with van der Waals surface area (Å²) < 4.78 is 4.83. The van der Waals surface area contributed by atoms with Gasteiger partial charge in [0.15, 0.2) is 0 Å². The SMILES string of the molecule is CCOCC.Clc1ncccn1. The Kier molecular flexibility index (Phi) is 7.96. The maximum absolute atomic E-state index is 5.32. The van der Waals surface area contributed by atoms with E-state index in [0.29, 0.717) is 5.28 Å². The van der Waals surface area contributed by atoms with Gasteiger partial charge in [0.1, 0.15) is 0 Å². The first-order valence-electron chi connectivity index (χ1n) is 3.81. The van der Waals surface area contributed by atoms with Crippen LogP contribution in [0.5, 0.6) is 0 Å². The molecule has 0 N–H and O–H groups in total. The van der Waals surface area contributed by atoms with Crippen LogP contribution in [0.3, 0.4) is 0 Å². The summed E-state index contributed by atoms with van der Waals surface area (Å²) >= 11 is 5.32. The number of ether oxygens (including phenoxy) is 1. The normalized spacial score (nSPS) is 8.58. The molecule has 0 aliphatic carbocycles. The summed E-state index contributed by atoms with van der Waals surface area (Å²) in [7, 11) is 0. The van der Waals surface area contributed by atoms with Gasteiger partial charge in [-0.15, -0.1) is 0 Å². The fraction of sp³-hybridized carbons (Fsp3) is 0.500. The zero-order valence-electron chi connectivity index (χ0n) is 7.33. The minimum absolute atomic E-state index is 0.294. The fourth-order valence-corrected chi connectivity index (χ4v) is 0.598.